The van der Waals surface area contributed by atoms with Gasteiger partial charge in [0.1, 0.15) is 0 Å². The first-order chi connectivity index (χ1) is 4.91. The van der Waals surface area contributed by atoms with Crippen LogP contribution in [0.15, 0.2) is 11.5 Å². The molecule has 0 nitrogen and oxygen atoms in total. The van der Waals surface area contributed by atoms with Crippen molar-refractivity contribution < 1.29 is 0 Å². The minimum atomic E-state index is 1.26. The third-order valence-electron chi connectivity index (χ3n) is 0.594. The average molecular weight is 212 g/mol. The fourth-order valence-corrected chi connectivity index (χ4v) is 5.67. The van der Waals surface area contributed by atoms with Crippen molar-refractivity contribution in [2.75, 3.05) is 5.75 Å². The second-order valence-electron chi connectivity index (χ2n) is 1.52. The van der Waals surface area contributed by atoms with Gasteiger partial charge < -0.3 is 0 Å². The molecule has 4 heteroatoms. The topological polar surface area (TPSA) is 0 Å². The van der Waals surface area contributed by atoms with Crippen molar-refractivity contribution in [3.8, 4) is 0 Å². The van der Waals surface area contributed by atoms with Crippen molar-refractivity contribution in [3.63, 3.8) is 0 Å². The number of rotatable bonds is 6. The molecule has 0 fully saturated rings. The molecule has 60 valence electrons. The first-order valence-electron chi connectivity index (χ1n) is 3.14. The van der Waals surface area contributed by atoms with Crippen LogP contribution in [0.3, 0.4) is 0 Å². The van der Waals surface area contributed by atoms with Gasteiger partial charge in [0.2, 0.25) is 0 Å². The maximum Gasteiger partial charge on any atom is 0.00428 e. The molecule has 0 saturated heterocycles. The SMILES string of the molecule is C/C=C\SSSSCCC. The molecule has 0 bridgehead atoms. The second kappa shape index (κ2) is 10.1. The lowest BCUT2D eigenvalue weighted by Crippen LogP contribution is -1.63. The third-order valence-corrected chi connectivity index (χ3v) is 6.88. The molecule has 0 aliphatic rings. The van der Waals surface area contributed by atoms with Crippen LogP contribution in [0.2, 0.25) is 0 Å². The Morgan fingerprint density at radius 2 is 2.10 bits per heavy atom. The van der Waals surface area contributed by atoms with Crippen LogP contribution < -0.4 is 0 Å². The van der Waals surface area contributed by atoms with Crippen molar-refractivity contribution in [3.05, 3.63) is 11.5 Å². The number of hydrogen-bond acceptors (Lipinski definition) is 4. The Bertz CT molecular complexity index is 81.8. The molecular formula is C6H12S4. The van der Waals surface area contributed by atoms with Gasteiger partial charge in [0.15, 0.2) is 0 Å². The Balaban J connectivity index is 2.77. The lowest BCUT2D eigenvalue weighted by molar-refractivity contribution is 1.11. The molecular weight excluding hydrogens is 200 g/mol. The Morgan fingerprint density at radius 3 is 2.70 bits per heavy atom. The summed E-state index contributed by atoms with van der Waals surface area (Å²) in [5.74, 6) is 1.26. The Kier molecular flexibility index (Phi) is 11.3. The molecule has 0 radical (unpaired) electrons. The first-order valence-corrected chi connectivity index (χ1v) is 8.19. The summed E-state index contributed by atoms with van der Waals surface area (Å²) in [6.45, 7) is 4.24. The van der Waals surface area contributed by atoms with Crippen molar-refractivity contribution in [2.45, 2.75) is 20.3 Å². The minimum Gasteiger partial charge on any atom is -0.0817 e. The molecule has 0 aromatic rings. The Labute approximate surface area is 78.6 Å². The molecule has 0 atom stereocenters. The summed E-state index contributed by atoms with van der Waals surface area (Å²) < 4.78 is 0. The summed E-state index contributed by atoms with van der Waals surface area (Å²) in [7, 11) is 7.40. The smallest absolute Gasteiger partial charge is 0.00428 e. The molecule has 0 aliphatic carbocycles. The molecule has 0 unspecified atom stereocenters. The quantitative estimate of drug-likeness (QED) is 0.465. The zero-order chi connectivity index (χ0) is 7.66. The van der Waals surface area contributed by atoms with E-state index in [0.717, 1.165) is 0 Å². The van der Waals surface area contributed by atoms with Crippen LogP contribution in [0.5, 0.6) is 0 Å². The average Bonchev–Trinajstić information content (AvgIpc) is 1.97. The molecule has 0 saturated carbocycles. The van der Waals surface area contributed by atoms with E-state index in [-0.39, 0.29) is 0 Å². The van der Waals surface area contributed by atoms with Crippen LogP contribution >= 0.6 is 41.2 Å². The zero-order valence-electron chi connectivity index (χ0n) is 6.20. The number of hydrogen-bond donors (Lipinski definition) is 0. The maximum atomic E-state index is 2.21. The molecule has 0 N–H and O–H groups in total. The zero-order valence-corrected chi connectivity index (χ0v) is 9.47. The monoisotopic (exact) mass is 212 g/mol. The van der Waals surface area contributed by atoms with Gasteiger partial charge in [-0.15, -0.1) is 0 Å². The highest BCUT2D eigenvalue weighted by atomic mass is 33.7. The predicted octanol–water partition coefficient (Wildman–Crippen LogP) is 4.61. The van der Waals surface area contributed by atoms with E-state index in [9.17, 15) is 0 Å². The number of allylic oxidation sites excluding steroid dienone is 1. The van der Waals surface area contributed by atoms with Crippen molar-refractivity contribution >= 4 is 41.2 Å². The van der Waals surface area contributed by atoms with Gasteiger partial charge in [0.25, 0.3) is 0 Å². The summed E-state index contributed by atoms with van der Waals surface area (Å²) in [6.07, 6.45) is 3.33. The summed E-state index contributed by atoms with van der Waals surface area (Å²) in [4.78, 5) is 0. The molecule has 0 aromatic heterocycles. The predicted molar refractivity (Wildman–Crippen MR) is 60.3 cm³/mol. The largest absolute Gasteiger partial charge is 0.0817 e. The van der Waals surface area contributed by atoms with E-state index in [1.807, 2.05) is 37.4 Å². The molecule has 0 aliphatic heterocycles. The van der Waals surface area contributed by atoms with Crippen LogP contribution in [0, 0.1) is 0 Å². The molecule has 10 heavy (non-hydrogen) atoms. The lowest BCUT2D eigenvalue weighted by atomic mass is 10.6. The van der Waals surface area contributed by atoms with Gasteiger partial charge in [0.05, 0.1) is 0 Å². The van der Waals surface area contributed by atoms with Crippen LogP contribution in [-0.4, -0.2) is 5.75 Å². The molecule has 0 spiro atoms. The van der Waals surface area contributed by atoms with E-state index < -0.39 is 0 Å². The van der Waals surface area contributed by atoms with Crippen LogP contribution in [0.25, 0.3) is 0 Å². The van der Waals surface area contributed by atoms with E-state index in [1.165, 1.54) is 12.2 Å². The van der Waals surface area contributed by atoms with E-state index in [2.05, 4.69) is 18.4 Å². The van der Waals surface area contributed by atoms with Crippen LogP contribution in [0.4, 0.5) is 0 Å². The summed E-state index contributed by atoms with van der Waals surface area (Å²) >= 11 is 0. The Hall–Kier alpha value is 1.14. The van der Waals surface area contributed by atoms with Crippen molar-refractivity contribution in [1.29, 1.82) is 0 Å². The van der Waals surface area contributed by atoms with Gasteiger partial charge in [0, 0.05) is 5.75 Å². The van der Waals surface area contributed by atoms with E-state index >= 15 is 0 Å². The third kappa shape index (κ3) is 9.14. The molecule has 0 amide bonds. The van der Waals surface area contributed by atoms with Crippen LogP contribution in [-0.2, 0) is 0 Å². The standard InChI is InChI=1S/C6H12S4/c1-3-5-7-9-10-8-6-4-2/h3,5H,4,6H2,1-2H3/b5-3-. The molecule has 0 heterocycles. The highest BCUT2D eigenvalue weighted by Crippen LogP contribution is 2.43. The lowest BCUT2D eigenvalue weighted by Gasteiger charge is -1.93. The summed E-state index contributed by atoms with van der Waals surface area (Å²) in [5, 5.41) is 2.10. The summed E-state index contributed by atoms with van der Waals surface area (Å²) in [5.41, 5.74) is 0. The van der Waals surface area contributed by atoms with Crippen molar-refractivity contribution in [2.24, 2.45) is 0 Å². The second-order valence-corrected chi connectivity index (χ2v) is 7.45. The van der Waals surface area contributed by atoms with E-state index in [1.54, 1.807) is 10.8 Å². The van der Waals surface area contributed by atoms with E-state index in [4.69, 9.17) is 0 Å². The maximum absolute atomic E-state index is 2.21. The first kappa shape index (κ1) is 11.1. The molecule has 0 aromatic carbocycles. The van der Waals surface area contributed by atoms with Gasteiger partial charge in [-0.1, -0.05) is 34.6 Å². The van der Waals surface area contributed by atoms with Gasteiger partial charge in [-0.2, -0.15) is 0 Å². The minimum absolute atomic E-state index is 1.26. The van der Waals surface area contributed by atoms with Gasteiger partial charge in [-0.3, -0.25) is 0 Å². The van der Waals surface area contributed by atoms with Gasteiger partial charge in [-0.05, 0) is 38.4 Å². The van der Waals surface area contributed by atoms with Crippen LogP contribution in [0.1, 0.15) is 20.3 Å². The summed E-state index contributed by atoms with van der Waals surface area (Å²) in [6, 6.07) is 0. The highest BCUT2D eigenvalue weighted by Gasteiger charge is 1.87. The Morgan fingerprint density at radius 1 is 1.30 bits per heavy atom. The molecule has 0 rings (SSSR count). The van der Waals surface area contributed by atoms with Crippen molar-refractivity contribution in [1.82, 2.24) is 0 Å². The van der Waals surface area contributed by atoms with Gasteiger partial charge in [-0.25, -0.2) is 0 Å². The normalized spacial score (nSPS) is 11.0. The van der Waals surface area contributed by atoms with Gasteiger partial charge >= 0.3 is 0 Å². The fourth-order valence-electron chi connectivity index (χ4n) is 0.231. The highest BCUT2D eigenvalue weighted by molar-refractivity contribution is 9.26. The van der Waals surface area contributed by atoms with E-state index in [0.29, 0.717) is 0 Å². The fraction of sp³-hybridized carbons (Fsp3) is 0.667.